The van der Waals surface area contributed by atoms with Crippen LogP contribution in [0.25, 0.3) is 6.08 Å². The number of rotatable bonds is 4. The summed E-state index contributed by atoms with van der Waals surface area (Å²) in [5.41, 5.74) is 1.48. The zero-order chi connectivity index (χ0) is 15.9. The lowest BCUT2D eigenvalue weighted by Gasteiger charge is -2.04. The molecule has 0 aliphatic rings. The minimum atomic E-state index is -0.462. The Hall–Kier alpha value is -2.77. The van der Waals surface area contributed by atoms with Crippen molar-refractivity contribution in [2.75, 3.05) is 0 Å². The number of carbonyl (C=O) groups is 1. The average Bonchev–Trinajstić information content (AvgIpc) is 2.54. The Morgan fingerprint density at radius 3 is 2.64 bits per heavy atom. The number of nitrogens with one attached hydrogen (secondary N) is 1. The predicted octanol–water partition coefficient (Wildman–Crippen LogP) is 3.27. The fraction of sp³-hybridized carbons (Fsp3) is 0.0588. The van der Waals surface area contributed by atoms with E-state index in [0.29, 0.717) is 12.1 Å². The van der Waals surface area contributed by atoms with E-state index < -0.39 is 5.91 Å². The summed E-state index contributed by atoms with van der Waals surface area (Å²) in [5, 5.41) is 21.3. The van der Waals surface area contributed by atoms with Crippen LogP contribution in [0.5, 0.6) is 5.75 Å². The zero-order valence-electron chi connectivity index (χ0n) is 11.6. The topological polar surface area (TPSA) is 73.1 Å². The van der Waals surface area contributed by atoms with Gasteiger partial charge in [-0.25, -0.2) is 0 Å². The zero-order valence-corrected chi connectivity index (χ0v) is 12.3. The summed E-state index contributed by atoms with van der Waals surface area (Å²) in [6, 6.07) is 15.7. The lowest BCUT2D eigenvalue weighted by atomic mass is 10.1. The molecule has 5 heteroatoms. The van der Waals surface area contributed by atoms with Crippen molar-refractivity contribution < 1.29 is 9.90 Å². The number of halogens is 1. The van der Waals surface area contributed by atoms with Gasteiger partial charge in [-0.05, 0) is 29.3 Å². The molecule has 110 valence electrons. The van der Waals surface area contributed by atoms with Crippen molar-refractivity contribution >= 4 is 23.6 Å². The maximum absolute atomic E-state index is 12.0. The van der Waals surface area contributed by atoms with Gasteiger partial charge in [0.25, 0.3) is 5.91 Å². The van der Waals surface area contributed by atoms with E-state index in [1.165, 1.54) is 18.2 Å². The first-order valence-electron chi connectivity index (χ1n) is 6.52. The van der Waals surface area contributed by atoms with Crippen LogP contribution in [0.4, 0.5) is 0 Å². The second kappa shape index (κ2) is 7.30. The Morgan fingerprint density at radius 2 is 2.00 bits per heavy atom. The van der Waals surface area contributed by atoms with Crippen LogP contribution in [0.3, 0.4) is 0 Å². The van der Waals surface area contributed by atoms with E-state index in [-0.39, 0.29) is 16.3 Å². The molecule has 2 aromatic rings. The van der Waals surface area contributed by atoms with Crippen molar-refractivity contribution in [1.82, 2.24) is 5.32 Å². The Kier molecular flexibility index (Phi) is 5.18. The monoisotopic (exact) mass is 312 g/mol. The molecule has 0 fully saturated rings. The molecule has 4 nitrogen and oxygen atoms in total. The van der Waals surface area contributed by atoms with Crippen LogP contribution >= 0.6 is 11.6 Å². The van der Waals surface area contributed by atoms with Gasteiger partial charge >= 0.3 is 0 Å². The summed E-state index contributed by atoms with van der Waals surface area (Å²) in [6.45, 7) is 0.342. The molecule has 0 bridgehead atoms. The molecule has 1 amide bonds. The molecule has 2 N–H and O–H groups in total. The van der Waals surface area contributed by atoms with E-state index in [2.05, 4.69) is 5.32 Å². The van der Waals surface area contributed by atoms with Crippen LogP contribution < -0.4 is 5.32 Å². The first-order valence-corrected chi connectivity index (χ1v) is 6.90. The highest BCUT2D eigenvalue weighted by molar-refractivity contribution is 6.32. The number of amides is 1. The van der Waals surface area contributed by atoms with E-state index in [1.54, 1.807) is 6.07 Å². The quantitative estimate of drug-likeness (QED) is 0.672. The summed E-state index contributed by atoms with van der Waals surface area (Å²) in [4.78, 5) is 12.0. The Balaban J connectivity index is 2.10. The molecule has 0 aliphatic carbocycles. The van der Waals surface area contributed by atoms with Gasteiger partial charge in [0.05, 0.1) is 5.02 Å². The Morgan fingerprint density at radius 1 is 1.27 bits per heavy atom. The fourth-order valence-corrected chi connectivity index (χ4v) is 1.99. The highest BCUT2D eigenvalue weighted by Gasteiger charge is 2.09. The summed E-state index contributed by atoms with van der Waals surface area (Å²) < 4.78 is 0. The predicted molar refractivity (Wildman–Crippen MR) is 85.0 cm³/mol. The molecule has 0 saturated carbocycles. The summed E-state index contributed by atoms with van der Waals surface area (Å²) in [5.74, 6) is -0.513. The van der Waals surface area contributed by atoms with Crippen molar-refractivity contribution in [2.24, 2.45) is 0 Å². The highest BCUT2D eigenvalue weighted by Crippen LogP contribution is 2.24. The fourth-order valence-electron chi connectivity index (χ4n) is 1.80. The van der Waals surface area contributed by atoms with Crippen molar-refractivity contribution in [3.63, 3.8) is 0 Å². The SMILES string of the molecule is N#C/C(=C/c1ccc(O)c(Cl)c1)C(=O)NCc1ccccc1. The molecule has 0 saturated heterocycles. The van der Waals surface area contributed by atoms with Gasteiger partial charge in [-0.2, -0.15) is 5.26 Å². The molecule has 0 unspecified atom stereocenters. The number of phenols is 1. The number of nitrogens with zero attached hydrogens (tertiary/aromatic N) is 1. The van der Waals surface area contributed by atoms with Gasteiger partial charge in [0.2, 0.25) is 0 Å². The average molecular weight is 313 g/mol. The standard InChI is InChI=1S/C17H13ClN2O2/c18-15-9-13(6-7-16(15)21)8-14(10-19)17(22)20-11-12-4-2-1-3-5-12/h1-9,21H,11H2,(H,20,22)/b14-8-. The number of carbonyl (C=O) groups excluding carboxylic acids is 1. The summed E-state index contributed by atoms with van der Waals surface area (Å²) in [7, 11) is 0. The van der Waals surface area contributed by atoms with Crippen molar-refractivity contribution in [3.05, 3.63) is 70.3 Å². The molecule has 0 radical (unpaired) electrons. The van der Waals surface area contributed by atoms with Crippen LogP contribution in [0, 0.1) is 11.3 Å². The van der Waals surface area contributed by atoms with Crippen molar-refractivity contribution in [2.45, 2.75) is 6.54 Å². The van der Waals surface area contributed by atoms with Gasteiger partial charge in [-0.15, -0.1) is 0 Å². The molecule has 22 heavy (non-hydrogen) atoms. The van der Waals surface area contributed by atoms with E-state index in [0.717, 1.165) is 5.56 Å². The van der Waals surface area contributed by atoms with Gasteiger partial charge in [-0.3, -0.25) is 4.79 Å². The number of benzene rings is 2. The van der Waals surface area contributed by atoms with Crippen molar-refractivity contribution in [3.8, 4) is 11.8 Å². The smallest absolute Gasteiger partial charge is 0.262 e. The molecule has 0 aromatic heterocycles. The molecular formula is C17H13ClN2O2. The maximum atomic E-state index is 12.0. The summed E-state index contributed by atoms with van der Waals surface area (Å²) in [6.07, 6.45) is 1.42. The molecule has 2 aromatic carbocycles. The van der Waals surface area contributed by atoms with E-state index in [1.807, 2.05) is 36.4 Å². The van der Waals surface area contributed by atoms with Crippen LogP contribution in [0.1, 0.15) is 11.1 Å². The van der Waals surface area contributed by atoms with Crippen LogP contribution in [-0.4, -0.2) is 11.0 Å². The van der Waals surface area contributed by atoms with Gasteiger partial charge in [-0.1, -0.05) is 48.0 Å². The first kappa shape index (κ1) is 15.6. The lowest BCUT2D eigenvalue weighted by molar-refractivity contribution is -0.117. The number of hydrogen-bond acceptors (Lipinski definition) is 3. The van der Waals surface area contributed by atoms with Gasteiger partial charge in [0.15, 0.2) is 0 Å². The van der Waals surface area contributed by atoms with Crippen LogP contribution in [0.2, 0.25) is 5.02 Å². The van der Waals surface area contributed by atoms with Crippen molar-refractivity contribution in [1.29, 1.82) is 5.26 Å². The van der Waals surface area contributed by atoms with Crippen LogP contribution in [0.15, 0.2) is 54.1 Å². The lowest BCUT2D eigenvalue weighted by Crippen LogP contribution is -2.23. The second-order valence-electron chi connectivity index (χ2n) is 4.55. The third-order valence-electron chi connectivity index (χ3n) is 2.94. The van der Waals surface area contributed by atoms with E-state index in [9.17, 15) is 9.90 Å². The van der Waals surface area contributed by atoms with Gasteiger partial charge in [0.1, 0.15) is 17.4 Å². The molecule has 2 rings (SSSR count). The minimum Gasteiger partial charge on any atom is -0.506 e. The normalized spacial score (nSPS) is 10.8. The number of nitriles is 1. The third kappa shape index (κ3) is 4.11. The van der Waals surface area contributed by atoms with E-state index in [4.69, 9.17) is 16.9 Å². The van der Waals surface area contributed by atoms with E-state index >= 15 is 0 Å². The highest BCUT2D eigenvalue weighted by atomic mass is 35.5. The largest absolute Gasteiger partial charge is 0.506 e. The first-order chi connectivity index (χ1) is 10.6. The number of hydrogen-bond donors (Lipinski definition) is 2. The molecule has 0 aliphatic heterocycles. The minimum absolute atomic E-state index is 0.0299. The third-order valence-corrected chi connectivity index (χ3v) is 3.25. The van der Waals surface area contributed by atoms with Gasteiger partial charge in [0, 0.05) is 6.54 Å². The number of phenolic OH excluding ortho intramolecular Hbond substituents is 1. The Bertz CT molecular complexity index is 749. The molecule has 0 spiro atoms. The maximum Gasteiger partial charge on any atom is 0.262 e. The number of aromatic hydroxyl groups is 1. The van der Waals surface area contributed by atoms with Gasteiger partial charge < -0.3 is 10.4 Å². The second-order valence-corrected chi connectivity index (χ2v) is 4.96. The Labute approximate surface area is 133 Å². The van der Waals surface area contributed by atoms with Crippen LogP contribution in [-0.2, 0) is 11.3 Å². The molecular weight excluding hydrogens is 300 g/mol. The summed E-state index contributed by atoms with van der Waals surface area (Å²) >= 11 is 5.80. The molecule has 0 heterocycles. The molecule has 0 atom stereocenters.